The van der Waals surface area contributed by atoms with E-state index < -0.39 is 0 Å². The van der Waals surface area contributed by atoms with Crippen LogP contribution < -0.4 is 5.32 Å². The molecule has 0 amide bonds. The van der Waals surface area contributed by atoms with E-state index in [0.29, 0.717) is 29.5 Å². The van der Waals surface area contributed by atoms with Crippen molar-refractivity contribution in [1.82, 2.24) is 5.32 Å². The first-order valence-corrected chi connectivity index (χ1v) is 6.54. The van der Waals surface area contributed by atoms with E-state index in [1.165, 1.54) is 0 Å². The molecule has 0 aromatic carbocycles. The van der Waals surface area contributed by atoms with Gasteiger partial charge < -0.3 is 10.4 Å². The van der Waals surface area contributed by atoms with Crippen LogP contribution in [-0.4, -0.2) is 23.5 Å². The highest BCUT2D eigenvalue weighted by Gasteiger charge is 2.65. The molecule has 3 unspecified atom stereocenters. The molecule has 2 rings (SSSR count). The van der Waals surface area contributed by atoms with Crippen LogP contribution in [-0.2, 0) is 4.79 Å². The van der Waals surface area contributed by atoms with Gasteiger partial charge in [-0.05, 0) is 30.6 Å². The van der Waals surface area contributed by atoms with E-state index in [9.17, 15) is 9.90 Å². The van der Waals surface area contributed by atoms with E-state index in [4.69, 9.17) is 0 Å². The number of ketones is 1. The molecule has 0 radical (unpaired) electrons. The van der Waals surface area contributed by atoms with Gasteiger partial charge in [0.05, 0.1) is 6.61 Å². The molecule has 0 aromatic heterocycles. The number of allylic oxidation sites excluding steroid dienone is 2. The standard InChI is InChI=1S/C14H23NO2/c1-5-9(7-16)15-8(2)12-11(17)6-10-13(12)14(10,3)4/h9-10,13,15-16H,5-7H2,1-4H3. The van der Waals surface area contributed by atoms with Gasteiger partial charge in [0.2, 0.25) is 0 Å². The number of hydrogen-bond donors (Lipinski definition) is 2. The van der Waals surface area contributed by atoms with Crippen LogP contribution in [0.2, 0.25) is 0 Å². The summed E-state index contributed by atoms with van der Waals surface area (Å²) in [5.74, 6) is 1.30. The molecule has 0 bridgehead atoms. The summed E-state index contributed by atoms with van der Waals surface area (Å²) >= 11 is 0. The first-order chi connectivity index (χ1) is 7.93. The lowest BCUT2D eigenvalue weighted by atomic mass is 9.95. The third-order valence-corrected chi connectivity index (χ3v) is 4.61. The van der Waals surface area contributed by atoms with Gasteiger partial charge in [0, 0.05) is 23.7 Å². The van der Waals surface area contributed by atoms with E-state index in [1.54, 1.807) is 0 Å². The number of nitrogens with one attached hydrogen (secondary N) is 1. The van der Waals surface area contributed by atoms with Crippen LogP contribution in [0.4, 0.5) is 0 Å². The van der Waals surface area contributed by atoms with Crippen LogP contribution in [0.5, 0.6) is 0 Å². The van der Waals surface area contributed by atoms with Gasteiger partial charge in [0.15, 0.2) is 5.78 Å². The fraction of sp³-hybridized carbons (Fsp3) is 0.786. The summed E-state index contributed by atoms with van der Waals surface area (Å²) in [6.07, 6.45) is 1.58. The molecule has 2 aliphatic carbocycles. The van der Waals surface area contributed by atoms with Crippen LogP contribution in [0, 0.1) is 17.3 Å². The zero-order valence-electron chi connectivity index (χ0n) is 11.2. The van der Waals surface area contributed by atoms with E-state index in [0.717, 1.165) is 17.7 Å². The van der Waals surface area contributed by atoms with Crippen molar-refractivity contribution in [3.63, 3.8) is 0 Å². The molecule has 0 saturated heterocycles. The predicted molar refractivity (Wildman–Crippen MR) is 67.4 cm³/mol. The Morgan fingerprint density at radius 2 is 2.24 bits per heavy atom. The number of rotatable bonds is 4. The topological polar surface area (TPSA) is 49.3 Å². The normalized spacial score (nSPS) is 34.3. The molecule has 0 spiro atoms. The summed E-state index contributed by atoms with van der Waals surface area (Å²) in [4.78, 5) is 11.9. The highest BCUT2D eigenvalue weighted by atomic mass is 16.3. The van der Waals surface area contributed by atoms with Crippen molar-refractivity contribution in [2.24, 2.45) is 17.3 Å². The van der Waals surface area contributed by atoms with Crippen LogP contribution in [0.3, 0.4) is 0 Å². The number of fused-ring (bicyclic) bond motifs is 1. The molecule has 3 nitrogen and oxygen atoms in total. The van der Waals surface area contributed by atoms with Crippen molar-refractivity contribution in [2.75, 3.05) is 6.61 Å². The molecule has 0 heterocycles. The van der Waals surface area contributed by atoms with Crippen molar-refractivity contribution in [1.29, 1.82) is 0 Å². The van der Waals surface area contributed by atoms with Gasteiger partial charge >= 0.3 is 0 Å². The Hall–Kier alpha value is -0.830. The SMILES string of the molecule is CCC(CO)NC(C)=C1C(=O)CC2C1C2(C)C. The van der Waals surface area contributed by atoms with Gasteiger partial charge in [-0.3, -0.25) is 4.79 Å². The maximum absolute atomic E-state index is 11.9. The first kappa shape index (κ1) is 12.6. The van der Waals surface area contributed by atoms with Crippen molar-refractivity contribution in [3.05, 3.63) is 11.3 Å². The summed E-state index contributed by atoms with van der Waals surface area (Å²) < 4.78 is 0. The molecule has 2 saturated carbocycles. The average Bonchev–Trinajstić information content (AvgIpc) is 2.64. The highest BCUT2D eigenvalue weighted by Crippen LogP contribution is 2.68. The molecule has 2 fully saturated rings. The minimum atomic E-state index is 0.0659. The van der Waals surface area contributed by atoms with E-state index in [1.807, 2.05) is 13.8 Å². The average molecular weight is 237 g/mol. The Bertz CT molecular complexity index is 366. The Kier molecular flexibility index (Phi) is 3.06. The van der Waals surface area contributed by atoms with E-state index >= 15 is 0 Å². The molecule has 2 aliphatic rings. The number of Topliss-reactive ketones (excluding diaryl/α,β-unsaturated/α-hetero) is 1. The lowest BCUT2D eigenvalue weighted by Crippen LogP contribution is -2.32. The molecule has 0 aromatic rings. The van der Waals surface area contributed by atoms with Crippen molar-refractivity contribution in [3.8, 4) is 0 Å². The summed E-state index contributed by atoms with van der Waals surface area (Å²) in [6, 6.07) is 0.0659. The number of hydrogen-bond acceptors (Lipinski definition) is 3. The quantitative estimate of drug-likeness (QED) is 0.734. The molecule has 96 valence electrons. The zero-order chi connectivity index (χ0) is 12.8. The minimum absolute atomic E-state index is 0.0659. The van der Waals surface area contributed by atoms with Crippen LogP contribution in [0.1, 0.15) is 40.5 Å². The monoisotopic (exact) mass is 237 g/mol. The molecule has 2 N–H and O–H groups in total. The maximum atomic E-state index is 11.9. The number of carbonyl (C=O) groups excluding carboxylic acids is 1. The number of carbonyl (C=O) groups is 1. The van der Waals surface area contributed by atoms with Crippen LogP contribution in [0.15, 0.2) is 11.3 Å². The molecule has 17 heavy (non-hydrogen) atoms. The largest absolute Gasteiger partial charge is 0.394 e. The maximum Gasteiger partial charge on any atom is 0.161 e. The van der Waals surface area contributed by atoms with Gasteiger partial charge in [0.1, 0.15) is 0 Å². The number of aliphatic hydroxyl groups excluding tert-OH is 1. The summed E-state index contributed by atoms with van der Waals surface area (Å²) in [5.41, 5.74) is 2.27. The Morgan fingerprint density at radius 1 is 1.59 bits per heavy atom. The van der Waals surface area contributed by atoms with Crippen molar-refractivity contribution < 1.29 is 9.90 Å². The van der Waals surface area contributed by atoms with Crippen LogP contribution >= 0.6 is 0 Å². The van der Waals surface area contributed by atoms with E-state index in [2.05, 4.69) is 19.2 Å². The second kappa shape index (κ2) is 4.13. The van der Waals surface area contributed by atoms with Gasteiger partial charge in [-0.25, -0.2) is 0 Å². The van der Waals surface area contributed by atoms with E-state index in [-0.39, 0.29) is 12.6 Å². The Morgan fingerprint density at radius 3 is 2.71 bits per heavy atom. The third-order valence-electron chi connectivity index (χ3n) is 4.61. The van der Waals surface area contributed by atoms with Crippen molar-refractivity contribution >= 4 is 5.78 Å². The fourth-order valence-corrected chi connectivity index (χ4v) is 3.28. The molecular weight excluding hydrogens is 214 g/mol. The Labute approximate surface area is 103 Å². The summed E-state index contributed by atoms with van der Waals surface area (Å²) in [6.45, 7) is 8.61. The van der Waals surface area contributed by atoms with Gasteiger partial charge in [0.25, 0.3) is 0 Å². The first-order valence-electron chi connectivity index (χ1n) is 6.54. The zero-order valence-corrected chi connectivity index (χ0v) is 11.2. The van der Waals surface area contributed by atoms with Gasteiger partial charge in [-0.1, -0.05) is 20.8 Å². The molecule has 0 aliphatic heterocycles. The minimum Gasteiger partial charge on any atom is -0.394 e. The molecular formula is C14H23NO2. The second-order valence-electron chi connectivity index (χ2n) is 6.00. The van der Waals surface area contributed by atoms with Gasteiger partial charge in [-0.15, -0.1) is 0 Å². The Balaban J connectivity index is 2.17. The van der Waals surface area contributed by atoms with Gasteiger partial charge in [-0.2, -0.15) is 0 Å². The summed E-state index contributed by atoms with van der Waals surface area (Å²) in [7, 11) is 0. The highest BCUT2D eigenvalue weighted by molar-refractivity contribution is 6.01. The smallest absolute Gasteiger partial charge is 0.161 e. The van der Waals surface area contributed by atoms with Crippen LogP contribution in [0.25, 0.3) is 0 Å². The summed E-state index contributed by atoms with van der Waals surface area (Å²) in [5, 5.41) is 12.5. The molecule has 3 heteroatoms. The predicted octanol–water partition coefficient (Wildman–Crippen LogP) is 1.87. The third kappa shape index (κ3) is 1.90. The van der Waals surface area contributed by atoms with Crippen molar-refractivity contribution in [2.45, 2.75) is 46.6 Å². The number of aliphatic hydroxyl groups is 1. The fourth-order valence-electron chi connectivity index (χ4n) is 3.28. The molecule has 3 atom stereocenters. The lowest BCUT2D eigenvalue weighted by Gasteiger charge is -2.19. The second-order valence-corrected chi connectivity index (χ2v) is 6.00. The lowest BCUT2D eigenvalue weighted by molar-refractivity contribution is -0.115.